The lowest BCUT2D eigenvalue weighted by atomic mass is 10.1. The van der Waals surface area contributed by atoms with Gasteiger partial charge in [-0.1, -0.05) is 12.8 Å². The van der Waals surface area contributed by atoms with Gasteiger partial charge < -0.3 is 5.32 Å². The number of aromatic amines is 1. The molecule has 102 valence electrons. The van der Waals surface area contributed by atoms with E-state index in [9.17, 15) is 4.79 Å². The van der Waals surface area contributed by atoms with Gasteiger partial charge in [-0.05, 0) is 26.7 Å². The number of nitrogens with one attached hydrogen (secondary N) is 2. The van der Waals surface area contributed by atoms with E-state index in [1.807, 2.05) is 20.0 Å². The molecule has 1 saturated carbocycles. The highest BCUT2D eigenvalue weighted by molar-refractivity contribution is 5.62. The van der Waals surface area contributed by atoms with Crippen molar-refractivity contribution >= 4 is 11.5 Å². The lowest BCUT2D eigenvalue weighted by molar-refractivity contribution is 0.689. The number of rotatable bonds is 3. The summed E-state index contributed by atoms with van der Waals surface area (Å²) in [6, 6.07) is 0.252. The maximum atomic E-state index is 11.8. The van der Waals surface area contributed by atoms with Crippen LogP contribution in [0.25, 0.3) is 5.65 Å². The van der Waals surface area contributed by atoms with E-state index in [0.717, 1.165) is 18.5 Å². The fourth-order valence-corrected chi connectivity index (χ4v) is 2.72. The first kappa shape index (κ1) is 12.2. The van der Waals surface area contributed by atoms with Crippen molar-refractivity contribution in [2.24, 2.45) is 0 Å². The van der Waals surface area contributed by atoms with Gasteiger partial charge in [0.15, 0.2) is 5.82 Å². The van der Waals surface area contributed by atoms with Crippen molar-refractivity contribution in [3.63, 3.8) is 0 Å². The molecule has 0 bridgehead atoms. The first-order valence-corrected chi connectivity index (χ1v) is 6.89. The summed E-state index contributed by atoms with van der Waals surface area (Å²) in [6.45, 7) is 4.09. The predicted molar refractivity (Wildman–Crippen MR) is 73.6 cm³/mol. The number of H-pyrrole nitrogens is 1. The fourth-order valence-electron chi connectivity index (χ4n) is 2.72. The molecule has 19 heavy (non-hydrogen) atoms. The Hall–Kier alpha value is -1.85. The van der Waals surface area contributed by atoms with Crippen LogP contribution in [0, 0.1) is 0 Å². The van der Waals surface area contributed by atoms with E-state index < -0.39 is 0 Å². The Morgan fingerprint density at radius 1 is 1.42 bits per heavy atom. The van der Waals surface area contributed by atoms with Crippen LogP contribution in [0.3, 0.4) is 0 Å². The zero-order valence-electron chi connectivity index (χ0n) is 11.3. The van der Waals surface area contributed by atoms with E-state index in [4.69, 9.17) is 0 Å². The molecule has 6 nitrogen and oxygen atoms in total. The van der Waals surface area contributed by atoms with E-state index in [0.29, 0.717) is 17.4 Å². The molecule has 0 saturated heterocycles. The van der Waals surface area contributed by atoms with Gasteiger partial charge in [-0.15, -0.1) is 5.10 Å². The second-order valence-electron chi connectivity index (χ2n) is 5.52. The van der Waals surface area contributed by atoms with E-state index >= 15 is 0 Å². The third kappa shape index (κ3) is 2.22. The maximum Gasteiger partial charge on any atom is 0.347 e. The molecule has 0 unspecified atom stereocenters. The molecule has 0 aromatic carbocycles. The number of fused-ring (bicyclic) bond motifs is 1. The summed E-state index contributed by atoms with van der Waals surface area (Å²) >= 11 is 0. The van der Waals surface area contributed by atoms with Crippen LogP contribution in [0.1, 0.15) is 51.1 Å². The lowest BCUT2D eigenvalue weighted by Gasteiger charge is -2.14. The Labute approximate surface area is 111 Å². The quantitative estimate of drug-likeness (QED) is 0.884. The highest BCUT2D eigenvalue weighted by Gasteiger charge is 2.21. The summed E-state index contributed by atoms with van der Waals surface area (Å²) in [5.41, 5.74) is 1.36. The van der Waals surface area contributed by atoms with Crippen molar-refractivity contribution in [1.82, 2.24) is 19.6 Å². The van der Waals surface area contributed by atoms with Crippen molar-refractivity contribution in [1.29, 1.82) is 0 Å². The predicted octanol–water partition coefficient (Wildman–Crippen LogP) is 1.90. The van der Waals surface area contributed by atoms with E-state index in [2.05, 4.69) is 20.5 Å². The molecule has 3 rings (SSSR count). The van der Waals surface area contributed by atoms with Crippen LogP contribution in [0.15, 0.2) is 11.0 Å². The molecule has 6 heteroatoms. The third-order valence-electron chi connectivity index (χ3n) is 3.62. The summed E-state index contributed by atoms with van der Waals surface area (Å²) in [5.74, 6) is 1.16. The van der Waals surface area contributed by atoms with Crippen molar-refractivity contribution < 1.29 is 0 Å². The molecule has 0 atom stereocenters. The van der Waals surface area contributed by atoms with Crippen LogP contribution in [0.4, 0.5) is 5.82 Å². The molecule has 0 spiro atoms. The topological polar surface area (TPSA) is 75.1 Å². The zero-order chi connectivity index (χ0) is 13.4. The highest BCUT2D eigenvalue weighted by Crippen LogP contribution is 2.33. The Balaban J connectivity index is 2.12. The molecule has 1 fully saturated rings. The number of hydrogen-bond donors (Lipinski definition) is 2. The molecule has 2 heterocycles. The second kappa shape index (κ2) is 4.68. The highest BCUT2D eigenvalue weighted by atomic mass is 16.1. The molecule has 0 radical (unpaired) electrons. The third-order valence-corrected chi connectivity index (χ3v) is 3.62. The lowest BCUT2D eigenvalue weighted by Crippen LogP contribution is -2.16. The maximum absolute atomic E-state index is 11.8. The molecule has 1 aliphatic carbocycles. The van der Waals surface area contributed by atoms with E-state index in [1.165, 1.54) is 12.8 Å². The molecular formula is C13H19N5O. The Bertz CT molecular complexity index is 636. The summed E-state index contributed by atoms with van der Waals surface area (Å²) in [7, 11) is 0. The molecule has 0 amide bonds. The largest absolute Gasteiger partial charge is 0.365 e. The van der Waals surface area contributed by atoms with Crippen molar-refractivity contribution in [3.8, 4) is 0 Å². The van der Waals surface area contributed by atoms with Gasteiger partial charge in [0.05, 0.1) is 5.69 Å². The van der Waals surface area contributed by atoms with Gasteiger partial charge in [-0.25, -0.2) is 19.3 Å². The summed E-state index contributed by atoms with van der Waals surface area (Å²) < 4.78 is 1.56. The van der Waals surface area contributed by atoms with Crippen molar-refractivity contribution in [2.75, 3.05) is 5.32 Å². The summed E-state index contributed by atoms with van der Waals surface area (Å²) in [4.78, 5) is 16.5. The standard InChI is InChI=1S/C13H19N5O/c1-8(2)14-11-12-16-17-13(19)18(12)7-10(15-11)9-5-3-4-6-9/h7-9H,3-6H2,1-2H3,(H,14,15)(H,17,19). The van der Waals surface area contributed by atoms with Crippen LogP contribution >= 0.6 is 0 Å². The molecular weight excluding hydrogens is 242 g/mol. The van der Waals surface area contributed by atoms with Gasteiger partial charge in [-0.2, -0.15) is 0 Å². The Morgan fingerprint density at radius 2 is 2.16 bits per heavy atom. The Morgan fingerprint density at radius 3 is 2.84 bits per heavy atom. The normalized spacial score (nSPS) is 16.6. The van der Waals surface area contributed by atoms with Crippen LogP contribution in [0.5, 0.6) is 0 Å². The zero-order valence-corrected chi connectivity index (χ0v) is 11.3. The second-order valence-corrected chi connectivity index (χ2v) is 5.52. The van der Waals surface area contributed by atoms with Crippen molar-refractivity contribution in [3.05, 3.63) is 22.4 Å². The number of nitrogens with zero attached hydrogens (tertiary/aromatic N) is 3. The smallest absolute Gasteiger partial charge is 0.347 e. The molecule has 2 aromatic heterocycles. The van der Waals surface area contributed by atoms with Gasteiger partial charge in [0.2, 0.25) is 5.65 Å². The molecule has 2 aromatic rings. The molecule has 2 N–H and O–H groups in total. The Kier molecular flexibility index (Phi) is 3.00. The van der Waals surface area contributed by atoms with Crippen LogP contribution in [0.2, 0.25) is 0 Å². The van der Waals surface area contributed by atoms with Gasteiger partial charge >= 0.3 is 5.69 Å². The first-order valence-electron chi connectivity index (χ1n) is 6.89. The van der Waals surface area contributed by atoms with Crippen LogP contribution in [-0.2, 0) is 0 Å². The van der Waals surface area contributed by atoms with Gasteiger partial charge in [0, 0.05) is 18.2 Å². The van der Waals surface area contributed by atoms with E-state index in [1.54, 1.807) is 4.40 Å². The number of aromatic nitrogens is 4. The average Bonchev–Trinajstić information content (AvgIpc) is 2.99. The summed E-state index contributed by atoms with van der Waals surface area (Å²) in [6.07, 6.45) is 6.65. The minimum atomic E-state index is -0.205. The molecule has 1 aliphatic rings. The fraction of sp³-hybridized carbons (Fsp3) is 0.615. The SMILES string of the molecule is CC(C)Nc1nc(C2CCCC2)cn2c(=O)[nH]nc12. The monoisotopic (exact) mass is 261 g/mol. The van der Waals surface area contributed by atoms with Crippen LogP contribution < -0.4 is 11.0 Å². The molecule has 0 aliphatic heterocycles. The van der Waals surface area contributed by atoms with Gasteiger partial charge in [-0.3, -0.25) is 0 Å². The first-order chi connectivity index (χ1) is 9.15. The van der Waals surface area contributed by atoms with Crippen molar-refractivity contribution in [2.45, 2.75) is 51.5 Å². The minimum Gasteiger partial charge on any atom is -0.365 e. The van der Waals surface area contributed by atoms with Gasteiger partial charge in [0.1, 0.15) is 0 Å². The van der Waals surface area contributed by atoms with Gasteiger partial charge in [0.25, 0.3) is 0 Å². The van der Waals surface area contributed by atoms with Crippen LogP contribution in [-0.4, -0.2) is 25.6 Å². The number of hydrogen-bond acceptors (Lipinski definition) is 4. The van der Waals surface area contributed by atoms with E-state index in [-0.39, 0.29) is 11.7 Å². The summed E-state index contributed by atoms with van der Waals surface area (Å²) in [5, 5.41) is 9.80. The number of anilines is 1. The average molecular weight is 261 g/mol. The minimum absolute atomic E-state index is 0.205.